The molecule has 0 atom stereocenters. The molecular formula is C20H21N3O3S. The van der Waals surface area contributed by atoms with Crippen LogP contribution in [0.2, 0.25) is 0 Å². The number of aromatic nitrogens is 2. The van der Waals surface area contributed by atoms with E-state index in [4.69, 9.17) is 4.52 Å². The van der Waals surface area contributed by atoms with E-state index < -0.39 is 10.0 Å². The number of aryl methyl sites for hydroxylation is 2. The molecule has 0 radical (unpaired) electrons. The van der Waals surface area contributed by atoms with Crippen LogP contribution in [0, 0.1) is 13.8 Å². The molecule has 0 saturated carbocycles. The van der Waals surface area contributed by atoms with Gasteiger partial charge in [-0.15, -0.1) is 0 Å². The fraction of sp³-hybridized carbons (Fsp3) is 0.300. The van der Waals surface area contributed by atoms with Crippen molar-refractivity contribution in [1.82, 2.24) is 14.4 Å². The molecule has 0 amide bonds. The van der Waals surface area contributed by atoms with Crippen molar-refractivity contribution in [2.45, 2.75) is 31.1 Å². The third kappa shape index (κ3) is 3.52. The Balaban J connectivity index is 1.44. The Hall–Kier alpha value is -2.51. The van der Waals surface area contributed by atoms with Crippen LogP contribution >= 0.6 is 0 Å². The van der Waals surface area contributed by atoms with Gasteiger partial charge < -0.3 is 4.52 Å². The zero-order chi connectivity index (χ0) is 19.0. The highest BCUT2D eigenvalue weighted by atomic mass is 32.2. The number of rotatable bonds is 5. The van der Waals surface area contributed by atoms with Crippen LogP contribution in [0.25, 0.3) is 0 Å². The van der Waals surface area contributed by atoms with Gasteiger partial charge in [-0.05, 0) is 36.6 Å². The summed E-state index contributed by atoms with van der Waals surface area (Å²) in [5, 5.41) is 4.03. The quantitative estimate of drug-likeness (QED) is 0.677. The third-order valence-electron chi connectivity index (χ3n) is 4.85. The first-order valence-electron chi connectivity index (χ1n) is 8.87. The lowest BCUT2D eigenvalue weighted by Crippen LogP contribution is -2.48. The maximum Gasteiger partial charge on any atom is 0.243 e. The van der Waals surface area contributed by atoms with Crippen molar-refractivity contribution in [3.05, 3.63) is 76.9 Å². The van der Waals surface area contributed by atoms with E-state index >= 15 is 0 Å². The largest absolute Gasteiger partial charge is 0.339 e. The molecule has 6 nitrogen and oxygen atoms in total. The second kappa shape index (κ2) is 6.90. The summed E-state index contributed by atoms with van der Waals surface area (Å²) >= 11 is 0. The lowest BCUT2D eigenvalue weighted by Gasteiger charge is -2.36. The molecular weight excluding hydrogens is 362 g/mol. The van der Waals surface area contributed by atoms with E-state index in [-0.39, 0.29) is 5.92 Å². The molecule has 1 aromatic heterocycles. The molecule has 2 aromatic carbocycles. The molecule has 2 heterocycles. The van der Waals surface area contributed by atoms with Gasteiger partial charge in [0.15, 0.2) is 5.82 Å². The Labute approximate surface area is 158 Å². The molecule has 140 valence electrons. The fourth-order valence-corrected chi connectivity index (χ4v) is 5.04. The SMILES string of the molecule is Cc1ccc(C)c(S(=O)(=O)N2CC(c3nc(Cc4ccccc4)no3)C2)c1. The Morgan fingerprint density at radius 2 is 1.85 bits per heavy atom. The summed E-state index contributed by atoms with van der Waals surface area (Å²) in [4.78, 5) is 4.82. The summed E-state index contributed by atoms with van der Waals surface area (Å²) in [5.41, 5.74) is 2.79. The molecule has 4 rings (SSSR count). The van der Waals surface area contributed by atoms with Crippen LogP contribution in [0.1, 0.15) is 34.3 Å². The maximum absolute atomic E-state index is 12.9. The summed E-state index contributed by atoms with van der Waals surface area (Å²) in [6, 6.07) is 15.4. The smallest absolute Gasteiger partial charge is 0.243 e. The minimum atomic E-state index is -3.49. The van der Waals surface area contributed by atoms with Gasteiger partial charge in [0.25, 0.3) is 0 Å². The highest BCUT2D eigenvalue weighted by Gasteiger charge is 2.40. The minimum absolute atomic E-state index is 0.0538. The Bertz CT molecular complexity index is 1060. The highest BCUT2D eigenvalue weighted by molar-refractivity contribution is 7.89. The van der Waals surface area contributed by atoms with Crippen molar-refractivity contribution < 1.29 is 12.9 Å². The fourth-order valence-electron chi connectivity index (χ4n) is 3.20. The van der Waals surface area contributed by atoms with E-state index in [0.29, 0.717) is 36.1 Å². The zero-order valence-corrected chi connectivity index (χ0v) is 16.1. The first-order chi connectivity index (χ1) is 12.9. The summed E-state index contributed by atoms with van der Waals surface area (Å²) < 4.78 is 32.6. The second-order valence-corrected chi connectivity index (χ2v) is 8.91. The van der Waals surface area contributed by atoms with Crippen molar-refractivity contribution in [3.8, 4) is 0 Å². The van der Waals surface area contributed by atoms with Gasteiger partial charge in [0.05, 0.1) is 10.8 Å². The van der Waals surface area contributed by atoms with Crippen LogP contribution in [0.5, 0.6) is 0 Å². The van der Waals surface area contributed by atoms with Crippen molar-refractivity contribution >= 4 is 10.0 Å². The Kier molecular flexibility index (Phi) is 4.57. The Morgan fingerprint density at radius 3 is 2.59 bits per heavy atom. The molecule has 27 heavy (non-hydrogen) atoms. The number of hydrogen-bond donors (Lipinski definition) is 0. The normalized spacial score (nSPS) is 15.6. The lowest BCUT2D eigenvalue weighted by atomic mass is 10.0. The van der Waals surface area contributed by atoms with Gasteiger partial charge in [-0.1, -0.05) is 47.6 Å². The van der Waals surface area contributed by atoms with E-state index in [1.54, 1.807) is 6.07 Å². The summed E-state index contributed by atoms with van der Waals surface area (Å²) in [6.07, 6.45) is 0.599. The predicted molar refractivity (Wildman–Crippen MR) is 101 cm³/mol. The average Bonchev–Trinajstić information content (AvgIpc) is 3.04. The zero-order valence-electron chi connectivity index (χ0n) is 15.3. The van der Waals surface area contributed by atoms with Gasteiger partial charge in [0.1, 0.15) is 0 Å². The van der Waals surface area contributed by atoms with E-state index in [9.17, 15) is 8.42 Å². The van der Waals surface area contributed by atoms with Crippen molar-refractivity contribution in [2.24, 2.45) is 0 Å². The molecule has 1 aliphatic heterocycles. The van der Waals surface area contributed by atoms with Gasteiger partial charge >= 0.3 is 0 Å². The second-order valence-electron chi connectivity index (χ2n) is 7.00. The van der Waals surface area contributed by atoms with Crippen molar-refractivity contribution in [3.63, 3.8) is 0 Å². The number of benzene rings is 2. The highest BCUT2D eigenvalue weighted by Crippen LogP contribution is 2.32. The Morgan fingerprint density at radius 1 is 1.11 bits per heavy atom. The maximum atomic E-state index is 12.9. The number of nitrogens with zero attached hydrogens (tertiary/aromatic N) is 3. The van der Waals surface area contributed by atoms with Crippen molar-refractivity contribution in [1.29, 1.82) is 0 Å². The molecule has 1 aliphatic rings. The molecule has 0 unspecified atom stereocenters. The summed E-state index contributed by atoms with van der Waals surface area (Å²) in [7, 11) is -3.49. The van der Waals surface area contributed by atoms with Gasteiger partial charge in [-0.25, -0.2) is 8.42 Å². The first-order valence-corrected chi connectivity index (χ1v) is 10.3. The summed E-state index contributed by atoms with van der Waals surface area (Å²) in [6.45, 7) is 4.44. The summed E-state index contributed by atoms with van der Waals surface area (Å²) in [5.74, 6) is 1.07. The average molecular weight is 383 g/mol. The van der Waals surface area contributed by atoms with Gasteiger partial charge in [0, 0.05) is 19.5 Å². The molecule has 1 saturated heterocycles. The van der Waals surface area contributed by atoms with Gasteiger partial charge in [-0.3, -0.25) is 0 Å². The molecule has 3 aromatic rings. The molecule has 0 aliphatic carbocycles. The van der Waals surface area contributed by atoms with Crippen molar-refractivity contribution in [2.75, 3.05) is 13.1 Å². The third-order valence-corrected chi connectivity index (χ3v) is 6.82. The van der Waals surface area contributed by atoms with Crippen LogP contribution in [0.3, 0.4) is 0 Å². The molecule has 7 heteroatoms. The van der Waals surface area contributed by atoms with E-state index in [2.05, 4.69) is 10.1 Å². The van der Waals surface area contributed by atoms with Crippen LogP contribution in [0.15, 0.2) is 57.9 Å². The minimum Gasteiger partial charge on any atom is -0.339 e. The first kappa shape index (κ1) is 17.9. The standard InChI is InChI=1S/C20H21N3O3S/c1-14-8-9-15(2)18(10-14)27(24,25)23-12-17(13-23)20-21-19(22-26-20)11-16-6-4-3-5-7-16/h3-10,17H,11-13H2,1-2H3. The van der Waals surface area contributed by atoms with Crippen LogP contribution < -0.4 is 0 Å². The molecule has 0 N–H and O–H groups in total. The van der Waals surface area contributed by atoms with Crippen LogP contribution in [-0.2, 0) is 16.4 Å². The molecule has 0 bridgehead atoms. The monoisotopic (exact) mass is 383 g/mol. The van der Waals surface area contributed by atoms with Gasteiger partial charge in [-0.2, -0.15) is 9.29 Å². The van der Waals surface area contributed by atoms with E-state index in [1.165, 1.54) is 4.31 Å². The number of sulfonamides is 1. The number of hydrogen-bond acceptors (Lipinski definition) is 5. The van der Waals surface area contributed by atoms with E-state index in [1.807, 2.05) is 56.3 Å². The van der Waals surface area contributed by atoms with Crippen LogP contribution in [0.4, 0.5) is 0 Å². The lowest BCUT2D eigenvalue weighted by molar-refractivity contribution is 0.216. The predicted octanol–water partition coefficient (Wildman–Crippen LogP) is 3.07. The molecule has 1 fully saturated rings. The molecule has 0 spiro atoms. The van der Waals surface area contributed by atoms with Gasteiger partial charge in [0.2, 0.25) is 15.9 Å². The van der Waals surface area contributed by atoms with Crippen LogP contribution in [-0.4, -0.2) is 36.0 Å². The van der Waals surface area contributed by atoms with E-state index in [0.717, 1.165) is 16.7 Å². The topological polar surface area (TPSA) is 76.3 Å².